The van der Waals surface area contributed by atoms with Crippen LogP contribution in [0.1, 0.15) is 29.0 Å². The first-order valence-corrected chi connectivity index (χ1v) is 8.48. The molecule has 1 saturated heterocycles. The molecule has 1 atom stereocenters. The number of aliphatic hydroxyl groups excluding tert-OH is 1. The molecule has 2 heterocycles. The molecule has 0 saturated carbocycles. The van der Waals surface area contributed by atoms with E-state index in [1.807, 2.05) is 30.3 Å². The van der Waals surface area contributed by atoms with Gasteiger partial charge in [-0.05, 0) is 30.5 Å². The molecule has 2 aromatic rings. The van der Waals surface area contributed by atoms with Crippen LogP contribution in [0.3, 0.4) is 0 Å². The first kappa shape index (κ1) is 17.2. The summed E-state index contributed by atoms with van der Waals surface area (Å²) in [6, 6.07) is 12.1. The number of aliphatic hydroxyl groups is 1. The number of amides is 2. The molecule has 1 unspecified atom stereocenters. The van der Waals surface area contributed by atoms with Crippen molar-refractivity contribution in [3.63, 3.8) is 0 Å². The molecule has 0 spiro atoms. The van der Waals surface area contributed by atoms with E-state index in [9.17, 15) is 14.7 Å². The molecule has 2 amide bonds. The van der Waals surface area contributed by atoms with Crippen LogP contribution in [0.2, 0.25) is 0 Å². The fourth-order valence-electron chi connectivity index (χ4n) is 2.99. The molecule has 25 heavy (non-hydrogen) atoms. The molecule has 1 aromatic carbocycles. The van der Waals surface area contributed by atoms with Crippen LogP contribution in [0, 0.1) is 0 Å². The Morgan fingerprint density at radius 2 is 1.88 bits per heavy atom. The lowest BCUT2D eigenvalue weighted by Gasteiger charge is -2.32. The number of carbonyl (C=O) groups is 2. The summed E-state index contributed by atoms with van der Waals surface area (Å²) in [6.45, 7) is 1.00. The van der Waals surface area contributed by atoms with Gasteiger partial charge in [0.25, 0.3) is 5.91 Å². The van der Waals surface area contributed by atoms with E-state index in [1.165, 1.54) is 6.26 Å². The van der Waals surface area contributed by atoms with E-state index >= 15 is 0 Å². The molecule has 2 N–H and O–H groups in total. The van der Waals surface area contributed by atoms with E-state index in [-0.39, 0.29) is 17.8 Å². The van der Waals surface area contributed by atoms with Crippen molar-refractivity contribution in [1.82, 2.24) is 10.2 Å². The number of hydrogen-bond acceptors (Lipinski definition) is 4. The number of furan rings is 1. The summed E-state index contributed by atoms with van der Waals surface area (Å²) < 4.78 is 5.12. The van der Waals surface area contributed by atoms with Crippen molar-refractivity contribution in [2.75, 3.05) is 13.1 Å². The molecule has 6 heteroatoms. The standard InChI is InChI=1S/C19H22N2O4/c22-15-8-10-21(11-9-15)19(24)16(13-14-5-2-1-3-6-14)20-18(23)17-7-4-12-25-17/h1-7,12,15-16,22H,8-11,13H2,(H,20,23). The van der Waals surface area contributed by atoms with Crippen LogP contribution in [0.25, 0.3) is 0 Å². The molecule has 0 radical (unpaired) electrons. The summed E-state index contributed by atoms with van der Waals surface area (Å²) in [5.41, 5.74) is 0.970. The van der Waals surface area contributed by atoms with Gasteiger partial charge in [-0.15, -0.1) is 0 Å². The van der Waals surface area contributed by atoms with Crippen molar-refractivity contribution in [3.8, 4) is 0 Å². The van der Waals surface area contributed by atoms with E-state index in [0.717, 1.165) is 5.56 Å². The van der Waals surface area contributed by atoms with Gasteiger partial charge in [0.15, 0.2) is 5.76 Å². The van der Waals surface area contributed by atoms with Crippen LogP contribution >= 0.6 is 0 Å². The maximum absolute atomic E-state index is 12.9. The minimum atomic E-state index is -0.671. The topological polar surface area (TPSA) is 82.8 Å². The Labute approximate surface area is 146 Å². The lowest BCUT2D eigenvalue weighted by Crippen LogP contribution is -2.52. The predicted molar refractivity (Wildman–Crippen MR) is 91.9 cm³/mol. The minimum Gasteiger partial charge on any atom is -0.459 e. The Morgan fingerprint density at radius 3 is 2.52 bits per heavy atom. The average Bonchev–Trinajstić information content (AvgIpc) is 3.17. The van der Waals surface area contributed by atoms with Crippen molar-refractivity contribution >= 4 is 11.8 Å². The van der Waals surface area contributed by atoms with E-state index in [2.05, 4.69) is 5.32 Å². The molecule has 1 aliphatic rings. The van der Waals surface area contributed by atoms with E-state index in [1.54, 1.807) is 17.0 Å². The van der Waals surface area contributed by atoms with Gasteiger partial charge in [0.05, 0.1) is 12.4 Å². The van der Waals surface area contributed by atoms with Crippen molar-refractivity contribution in [2.45, 2.75) is 31.4 Å². The highest BCUT2D eigenvalue weighted by Gasteiger charge is 2.29. The van der Waals surface area contributed by atoms with Gasteiger partial charge in [-0.2, -0.15) is 0 Å². The summed E-state index contributed by atoms with van der Waals surface area (Å²) in [5.74, 6) is -0.355. The highest BCUT2D eigenvalue weighted by atomic mass is 16.3. The highest BCUT2D eigenvalue weighted by molar-refractivity contribution is 5.95. The number of piperidine rings is 1. The first-order chi connectivity index (χ1) is 12.1. The second kappa shape index (κ2) is 7.98. The Morgan fingerprint density at radius 1 is 1.16 bits per heavy atom. The van der Waals surface area contributed by atoms with Crippen LogP contribution in [-0.2, 0) is 11.2 Å². The first-order valence-electron chi connectivity index (χ1n) is 8.48. The second-order valence-electron chi connectivity index (χ2n) is 6.25. The fourth-order valence-corrected chi connectivity index (χ4v) is 2.99. The van der Waals surface area contributed by atoms with Crippen LogP contribution < -0.4 is 5.32 Å². The summed E-state index contributed by atoms with van der Waals surface area (Å²) in [6.07, 6.45) is 2.61. The Bertz CT molecular complexity index is 691. The largest absolute Gasteiger partial charge is 0.459 e. The van der Waals surface area contributed by atoms with E-state index in [0.29, 0.717) is 32.4 Å². The van der Waals surface area contributed by atoms with Gasteiger partial charge in [-0.1, -0.05) is 30.3 Å². The van der Waals surface area contributed by atoms with Crippen molar-refractivity contribution in [2.24, 2.45) is 0 Å². The normalized spacial score (nSPS) is 16.4. The monoisotopic (exact) mass is 342 g/mol. The number of nitrogens with one attached hydrogen (secondary N) is 1. The van der Waals surface area contributed by atoms with E-state index < -0.39 is 11.9 Å². The van der Waals surface area contributed by atoms with Crippen LogP contribution in [0.15, 0.2) is 53.1 Å². The maximum atomic E-state index is 12.9. The molecule has 6 nitrogen and oxygen atoms in total. The third-order valence-electron chi connectivity index (χ3n) is 4.41. The zero-order chi connectivity index (χ0) is 17.6. The van der Waals surface area contributed by atoms with Gasteiger partial charge in [0, 0.05) is 19.5 Å². The lowest BCUT2D eigenvalue weighted by molar-refractivity contribution is -0.135. The quantitative estimate of drug-likeness (QED) is 0.865. The van der Waals surface area contributed by atoms with Crippen molar-refractivity contribution in [1.29, 1.82) is 0 Å². The van der Waals surface area contributed by atoms with E-state index in [4.69, 9.17) is 4.42 Å². The lowest BCUT2D eigenvalue weighted by atomic mass is 10.0. The SMILES string of the molecule is O=C(NC(Cc1ccccc1)C(=O)N1CCC(O)CC1)c1ccco1. The number of hydrogen-bond donors (Lipinski definition) is 2. The Balaban J connectivity index is 1.73. The van der Waals surface area contributed by atoms with Gasteiger partial charge in [-0.3, -0.25) is 9.59 Å². The van der Waals surface area contributed by atoms with Gasteiger partial charge >= 0.3 is 0 Å². The van der Waals surface area contributed by atoms with Gasteiger partial charge < -0.3 is 19.7 Å². The summed E-state index contributed by atoms with van der Waals surface area (Å²) in [7, 11) is 0. The number of benzene rings is 1. The second-order valence-corrected chi connectivity index (χ2v) is 6.25. The summed E-state index contributed by atoms with van der Waals surface area (Å²) >= 11 is 0. The Hall–Kier alpha value is -2.60. The third kappa shape index (κ3) is 4.48. The van der Waals surface area contributed by atoms with Crippen LogP contribution in [0.5, 0.6) is 0 Å². The minimum absolute atomic E-state index is 0.129. The molecule has 132 valence electrons. The van der Waals surface area contributed by atoms with Crippen molar-refractivity contribution in [3.05, 3.63) is 60.1 Å². The van der Waals surface area contributed by atoms with Gasteiger partial charge in [-0.25, -0.2) is 0 Å². The molecular weight excluding hydrogens is 320 g/mol. The molecule has 0 bridgehead atoms. The fraction of sp³-hybridized carbons (Fsp3) is 0.368. The zero-order valence-electron chi connectivity index (χ0n) is 13.9. The van der Waals surface area contributed by atoms with Gasteiger partial charge in [0.1, 0.15) is 6.04 Å². The van der Waals surface area contributed by atoms with Crippen LogP contribution in [-0.4, -0.2) is 47.1 Å². The molecule has 3 rings (SSSR count). The van der Waals surface area contributed by atoms with Gasteiger partial charge in [0.2, 0.25) is 5.91 Å². The number of nitrogens with zero attached hydrogens (tertiary/aromatic N) is 1. The molecule has 1 aliphatic heterocycles. The summed E-state index contributed by atoms with van der Waals surface area (Å²) in [5, 5.41) is 12.4. The van der Waals surface area contributed by atoms with Crippen molar-refractivity contribution < 1.29 is 19.1 Å². The molecule has 0 aliphatic carbocycles. The Kier molecular flexibility index (Phi) is 5.50. The number of rotatable bonds is 5. The molecular formula is C19H22N2O4. The zero-order valence-corrected chi connectivity index (χ0v) is 13.9. The number of likely N-dealkylation sites (tertiary alicyclic amines) is 1. The molecule has 1 aromatic heterocycles. The number of carbonyl (C=O) groups excluding carboxylic acids is 2. The highest BCUT2D eigenvalue weighted by Crippen LogP contribution is 2.14. The smallest absolute Gasteiger partial charge is 0.287 e. The summed E-state index contributed by atoms with van der Waals surface area (Å²) in [4.78, 5) is 27.0. The third-order valence-corrected chi connectivity index (χ3v) is 4.41. The average molecular weight is 342 g/mol. The maximum Gasteiger partial charge on any atom is 0.287 e. The predicted octanol–water partition coefficient (Wildman–Crippen LogP) is 1.60. The van der Waals surface area contributed by atoms with Crippen LogP contribution in [0.4, 0.5) is 0 Å². The molecule has 1 fully saturated rings.